The third-order valence-electron chi connectivity index (χ3n) is 2.45. The fourth-order valence-electron chi connectivity index (χ4n) is 1.54. The molecule has 5 N–H and O–H groups in total. The third-order valence-corrected chi connectivity index (χ3v) is 2.45. The van der Waals surface area contributed by atoms with E-state index in [4.69, 9.17) is 16.9 Å². The van der Waals surface area contributed by atoms with Gasteiger partial charge >= 0.3 is 0 Å². The Labute approximate surface area is 106 Å². The lowest BCUT2D eigenvalue weighted by Crippen LogP contribution is -2.00. The van der Waals surface area contributed by atoms with Crippen LogP contribution < -0.4 is 11.5 Å². The van der Waals surface area contributed by atoms with Crippen molar-refractivity contribution in [3.63, 3.8) is 0 Å². The molecule has 0 fully saturated rings. The van der Waals surface area contributed by atoms with Crippen molar-refractivity contribution in [1.82, 2.24) is 0 Å². The fourth-order valence-corrected chi connectivity index (χ4v) is 1.54. The molecule has 0 saturated carbocycles. The third kappa shape index (κ3) is 2.69. The van der Waals surface area contributed by atoms with Gasteiger partial charge < -0.3 is 11.5 Å². The van der Waals surface area contributed by atoms with Crippen LogP contribution in [0.3, 0.4) is 0 Å². The summed E-state index contributed by atoms with van der Waals surface area (Å²) in [6.45, 7) is 0. The lowest BCUT2D eigenvalue weighted by atomic mass is 10.1. The lowest BCUT2D eigenvalue weighted by Gasteiger charge is -2.00. The van der Waals surface area contributed by atoms with E-state index in [1.807, 2.05) is 24.3 Å². The van der Waals surface area contributed by atoms with Crippen molar-refractivity contribution < 1.29 is 0 Å². The summed E-state index contributed by atoms with van der Waals surface area (Å²) in [5.74, 6) is 5.68. The van der Waals surface area contributed by atoms with Gasteiger partial charge in [0.2, 0.25) is 0 Å². The molecule has 18 heavy (non-hydrogen) atoms. The highest BCUT2D eigenvalue weighted by atomic mass is 14.6. The largest absolute Gasteiger partial charge is 0.399 e. The van der Waals surface area contributed by atoms with Crippen LogP contribution in [0.25, 0.3) is 0 Å². The molecule has 2 rings (SSSR count). The minimum atomic E-state index is 0.204. The number of nitrogens with two attached hydrogens (primary N) is 2. The highest BCUT2D eigenvalue weighted by Gasteiger charge is 2.01. The molecule has 3 heteroatoms. The maximum atomic E-state index is 7.89. The van der Waals surface area contributed by atoms with E-state index < -0.39 is 0 Å². The molecular formula is C15H13N3. The second-order valence-corrected chi connectivity index (χ2v) is 3.84. The van der Waals surface area contributed by atoms with E-state index >= 15 is 0 Å². The molecule has 0 aliphatic carbocycles. The summed E-state index contributed by atoms with van der Waals surface area (Å²) in [6.07, 6.45) is 0. The molecule has 2 aromatic carbocycles. The molecule has 2 aromatic rings. The fraction of sp³-hybridized carbons (Fsp3) is 0. The van der Waals surface area contributed by atoms with Crippen molar-refractivity contribution in [2.75, 3.05) is 11.5 Å². The van der Waals surface area contributed by atoms with Gasteiger partial charge in [0.25, 0.3) is 0 Å². The molecule has 0 aliphatic rings. The molecule has 0 heterocycles. The standard InChI is InChI=1S/C15H13N3/c16-12-5-3-4-11(10-12)8-9-15(18)13-6-1-2-7-14(13)17/h1-7,10,18H,16-17H2. The lowest BCUT2D eigenvalue weighted by molar-refractivity contribution is 1.50. The van der Waals surface area contributed by atoms with E-state index in [2.05, 4.69) is 11.8 Å². The summed E-state index contributed by atoms with van der Waals surface area (Å²) in [7, 11) is 0. The van der Waals surface area contributed by atoms with Crippen LogP contribution in [0, 0.1) is 17.3 Å². The second-order valence-electron chi connectivity index (χ2n) is 3.84. The van der Waals surface area contributed by atoms with Crippen molar-refractivity contribution in [1.29, 1.82) is 5.41 Å². The van der Waals surface area contributed by atoms with Gasteiger partial charge in [0.15, 0.2) is 0 Å². The van der Waals surface area contributed by atoms with E-state index in [1.54, 1.807) is 24.3 Å². The normalized spacial score (nSPS) is 9.33. The van der Waals surface area contributed by atoms with E-state index in [0.29, 0.717) is 16.9 Å². The molecule has 0 aliphatic heterocycles. The summed E-state index contributed by atoms with van der Waals surface area (Å²) in [5.41, 5.74) is 14.3. The predicted octanol–water partition coefficient (Wildman–Crippen LogP) is 2.27. The van der Waals surface area contributed by atoms with Crippen LogP contribution in [-0.2, 0) is 0 Å². The molecular weight excluding hydrogens is 222 g/mol. The van der Waals surface area contributed by atoms with Crippen molar-refractivity contribution >= 4 is 17.1 Å². The SMILES string of the molecule is N=C(C#Cc1cccc(N)c1)c1ccccc1N. The van der Waals surface area contributed by atoms with Crippen LogP contribution in [0.4, 0.5) is 11.4 Å². The van der Waals surface area contributed by atoms with Gasteiger partial charge in [-0.2, -0.15) is 0 Å². The zero-order chi connectivity index (χ0) is 13.0. The van der Waals surface area contributed by atoms with Gasteiger partial charge in [-0.1, -0.05) is 30.2 Å². The summed E-state index contributed by atoms with van der Waals surface area (Å²) in [4.78, 5) is 0. The predicted molar refractivity (Wildman–Crippen MR) is 75.4 cm³/mol. The maximum Gasteiger partial charge on any atom is 0.114 e. The number of hydrogen-bond donors (Lipinski definition) is 3. The molecule has 0 amide bonds. The monoisotopic (exact) mass is 235 g/mol. The number of rotatable bonds is 1. The van der Waals surface area contributed by atoms with Crippen LogP contribution in [0.2, 0.25) is 0 Å². The average molecular weight is 235 g/mol. The highest BCUT2D eigenvalue weighted by molar-refractivity contribution is 6.14. The summed E-state index contributed by atoms with van der Waals surface area (Å²) < 4.78 is 0. The molecule has 88 valence electrons. The number of anilines is 2. The van der Waals surface area contributed by atoms with E-state index in [9.17, 15) is 0 Å². The van der Waals surface area contributed by atoms with Crippen LogP contribution >= 0.6 is 0 Å². The van der Waals surface area contributed by atoms with Gasteiger partial charge in [-0.15, -0.1) is 0 Å². The van der Waals surface area contributed by atoms with Gasteiger partial charge in [0.1, 0.15) is 5.71 Å². The topological polar surface area (TPSA) is 75.9 Å². The molecule has 0 aromatic heterocycles. The van der Waals surface area contributed by atoms with Crippen LogP contribution in [0.5, 0.6) is 0 Å². The van der Waals surface area contributed by atoms with Crippen molar-refractivity contribution in [2.45, 2.75) is 0 Å². The van der Waals surface area contributed by atoms with Gasteiger partial charge in [-0.05, 0) is 30.2 Å². The Morgan fingerprint density at radius 3 is 2.50 bits per heavy atom. The van der Waals surface area contributed by atoms with Crippen LogP contribution in [0.1, 0.15) is 11.1 Å². The molecule has 3 nitrogen and oxygen atoms in total. The Balaban J connectivity index is 2.26. The van der Waals surface area contributed by atoms with Crippen LogP contribution in [0.15, 0.2) is 48.5 Å². The first kappa shape index (κ1) is 11.7. The molecule has 0 radical (unpaired) electrons. The Hall–Kier alpha value is -2.73. The Morgan fingerprint density at radius 1 is 1.00 bits per heavy atom. The van der Waals surface area contributed by atoms with E-state index in [0.717, 1.165) is 5.56 Å². The number of hydrogen-bond acceptors (Lipinski definition) is 3. The Kier molecular flexibility index (Phi) is 3.31. The highest BCUT2D eigenvalue weighted by Crippen LogP contribution is 2.11. The molecule has 0 bridgehead atoms. The van der Waals surface area contributed by atoms with E-state index in [-0.39, 0.29) is 5.71 Å². The van der Waals surface area contributed by atoms with Crippen LogP contribution in [-0.4, -0.2) is 5.71 Å². The number of para-hydroxylation sites is 1. The summed E-state index contributed by atoms with van der Waals surface area (Å²) >= 11 is 0. The first-order chi connectivity index (χ1) is 8.66. The first-order valence-corrected chi connectivity index (χ1v) is 5.48. The minimum Gasteiger partial charge on any atom is -0.399 e. The summed E-state index contributed by atoms with van der Waals surface area (Å²) in [6, 6.07) is 14.5. The Morgan fingerprint density at radius 2 is 1.78 bits per heavy atom. The molecule has 0 spiro atoms. The van der Waals surface area contributed by atoms with Gasteiger partial charge in [0, 0.05) is 22.5 Å². The zero-order valence-corrected chi connectivity index (χ0v) is 9.77. The smallest absolute Gasteiger partial charge is 0.114 e. The summed E-state index contributed by atoms with van der Waals surface area (Å²) in [5, 5.41) is 7.89. The molecule has 0 atom stereocenters. The number of nitrogen functional groups attached to an aromatic ring is 2. The van der Waals surface area contributed by atoms with Gasteiger partial charge in [-0.3, -0.25) is 5.41 Å². The van der Waals surface area contributed by atoms with E-state index in [1.165, 1.54) is 0 Å². The van der Waals surface area contributed by atoms with Gasteiger partial charge in [0.05, 0.1) is 0 Å². The number of nitrogens with one attached hydrogen (secondary N) is 1. The first-order valence-electron chi connectivity index (χ1n) is 5.48. The van der Waals surface area contributed by atoms with Crippen molar-refractivity contribution in [3.8, 4) is 11.8 Å². The van der Waals surface area contributed by atoms with Gasteiger partial charge in [-0.25, -0.2) is 0 Å². The second kappa shape index (κ2) is 5.07. The molecule has 0 unspecified atom stereocenters. The average Bonchev–Trinajstić information content (AvgIpc) is 2.37. The van der Waals surface area contributed by atoms with Crippen molar-refractivity contribution in [2.24, 2.45) is 0 Å². The maximum absolute atomic E-state index is 7.89. The molecule has 0 saturated heterocycles. The van der Waals surface area contributed by atoms with Crippen molar-refractivity contribution in [3.05, 3.63) is 59.7 Å². The quantitative estimate of drug-likeness (QED) is 0.403. The Bertz CT molecular complexity index is 648. The zero-order valence-electron chi connectivity index (χ0n) is 9.77. The minimum absolute atomic E-state index is 0.204. The number of benzene rings is 2.